The number of hydrogen-bond donors (Lipinski definition) is 1. The molecule has 0 aliphatic heterocycles. The molecule has 2 heteroatoms. The fourth-order valence-corrected chi connectivity index (χ4v) is 3.73. The predicted molar refractivity (Wildman–Crippen MR) is 81.9 cm³/mol. The molecular formula is C18H25NO. The molecule has 2 N–H and O–H groups in total. The molecule has 1 aromatic carbocycles. The number of ketones is 1. The molecule has 0 amide bonds. The van der Waals surface area contributed by atoms with Gasteiger partial charge in [0.2, 0.25) is 0 Å². The summed E-state index contributed by atoms with van der Waals surface area (Å²) in [7, 11) is 0. The van der Waals surface area contributed by atoms with Gasteiger partial charge in [-0.1, -0.05) is 50.5 Å². The fraction of sp³-hybridized carbons (Fsp3) is 0.611. The van der Waals surface area contributed by atoms with E-state index in [1.807, 2.05) is 12.1 Å². The van der Waals surface area contributed by atoms with Crippen LogP contribution in [0.25, 0.3) is 0 Å². The molecule has 2 aliphatic carbocycles. The zero-order valence-electron chi connectivity index (χ0n) is 12.4. The van der Waals surface area contributed by atoms with Crippen LogP contribution in [0.1, 0.15) is 73.7 Å². The van der Waals surface area contributed by atoms with Crippen molar-refractivity contribution in [2.75, 3.05) is 0 Å². The summed E-state index contributed by atoms with van der Waals surface area (Å²) < 4.78 is 0. The minimum atomic E-state index is -0.629. The molecule has 1 aromatic rings. The van der Waals surface area contributed by atoms with Crippen molar-refractivity contribution < 1.29 is 4.79 Å². The average Bonchev–Trinajstić information content (AvgIpc) is 2.36. The molecule has 0 radical (unpaired) electrons. The molecule has 2 unspecified atom stereocenters. The summed E-state index contributed by atoms with van der Waals surface area (Å²) in [6, 6.07) is 8.24. The van der Waals surface area contributed by atoms with E-state index in [0.717, 1.165) is 30.7 Å². The van der Waals surface area contributed by atoms with Gasteiger partial charge in [-0.2, -0.15) is 0 Å². The largest absolute Gasteiger partial charge is 0.319 e. The molecule has 0 aromatic heterocycles. The van der Waals surface area contributed by atoms with Gasteiger partial charge < -0.3 is 5.73 Å². The number of nitrogens with two attached hydrogens (primary N) is 1. The molecule has 20 heavy (non-hydrogen) atoms. The van der Waals surface area contributed by atoms with E-state index >= 15 is 0 Å². The maximum absolute atomic E-state index is 12.7. The van der Waals surface area contributed by atoms with Gasteiger partial charge in [0.25, 0.3) is 0 Å². The summed E-state index contributed by atoms with van der Waals surface area (Å²) in [5.74, 6) is 1.43. The van der Waals surface area contributed by atoms with Gasteiger partial charge in [-0.05, 0) is 43.1 Å². The highest BCUT2D eigenvalue weighted by Gasteiger charge is 2.38. The molecule has 2 aliphatic rings. The molecule has 2 atom stereocenters. The summed E-state index contributed by atoms with van der Waals surface area (Å²) in [4.78, 5) is 12.7. The SMILES string of the molecule is CC1CCCC(N)(C(=O)c2ccc(C3CCC3)cc2)C1. The van der Waals surface area contributed by atoms with Gasteiger partial charge in [0.05, 0.1) is 5.54 Å². The van der Waals surface area contributed by atoms with E-state index in [4.69, 9.17) is 5.73 Å². The first-order valence-corrected chi connectivity index (χ1v) is 8.02. The van der Waals surface area contributed by atoms with E-state index in [1.165, 1.54) is 31.2 Å². The van der Waals surface area contributed by atoms with Gasteiger partial charge in [-0.15, -0.1) is 0 Å². The Kier molecular flexibility index (Phi) is 3.68. The Labute approximate surface area is 121 Å². The zero-order chi connectivity index (χ0) is 14.2. The lowest BCUT2D eigenvalue weighted by atomic mass is 9.73. The third-order valence-electron chi connectivity index (χ3n) is 5.23. The summed E-state index contributed by atoms with van der Waals surface area (Å²) in [6.45, 7) is 2.20. The van der Waals surface area contributed by atoms with E-state index in [-0.39, 0.29) is 5.78 Å². The monoisotopic (exact) mass is 271 g/mol. The molecule has 2 saturated carbocycles. The van der Waals surface area contributed by atoms with Crippen molar-refractivity contribution in [1.82, 2.24) is 0 Å². The zero-order valence-corrected chi connectivity index (χ0v) is 12.4. The van der Waals surface area contributed by atoms with Gasteiger partial charge in [0.1, 0.15) is 0 Å². The first kappa shape index (κ1) is 13.8. The van der Waals surface area contributed by atoms with Crippen LogP contribution in [-0.2, 0) is 0 Å². The first-order valence-electron chi connectivity index (χ1n) is 8.02. The Balaban J connectivity index is 1.75. The van der Waals surface area contributed by atoms with Crippen LogP contribution in [0.4, 0.5) is 0 Å². The van der Waals surface area contributed by atoms with Crippen LogP contribution in [-0.4, -0.2) is 11.3 Å². The Bertz CT molecular complexity index is 489. The van der Waals surface area contributed by atoms with Crippen LogP contribution in [0.15, 0.2) is 24.3 Å². The third kappa shape index (κ3) is 2.54. The van der Waals surface area contributed by atoms with Gasteiger partial charge in [-0.3, -0.25) is 4.79 Å². The maximum Gasteiger partial charge on any atom is 0.182 e. The second-order valence-electron chi connectivity index (χ2n) is 6.94. The minimum Gasteiger partial charge on any atom is -0.319 e. The van der Waals surface area contributed by atoms with E-state index in [1.54, 1.807) is 0 Å². The highest BCUT2D eigenvalue weighted by molar-refractivity contribution is 6.03. The van der Waals surface area contributed by atoms with Crippen LogP contribution in [0, 0.1) is 5.92 Å². The molecule has 2 fully saturated rings. The van der Waals surface area contributed by atoms with E-state index in [9.17, 15) is 4.79 Å². The standard InChI is InChI=1S/C18H25NO/c1-13-4-3-11-18(19,12-13)17(20)16-9-7-15(8-10-16)14-5-2-6-14/h7-10,13-14H,2-6,11-12,19H2,1H3. The number of benzene rings is 1. The maximum atomic E-state index is 12.7. The van der Waals surface area contributed by atoms with Gasteiger partial charge in [-0.25, -0.2) is 0 Å². The Hall–Kier alpha value is -1.15. The predicted octanol–water partition coefficient (Wildman–Crippen LogP) is 4.04. The molecular weight excluding hydrogens is 246 g/mol. The van der Waals surface area contributed by atoms with Crippen LogP contribution < -0.4 is 5.73 Å². The van der Waals surface area contributed by atoms with Crippen LogP contribution in [0.5, 0.6) is 0 Å². The molecule has 3 rings (SSSR count). The normalized spacial score (nSPS) is 30.8. The smallest absolute Gasteiger partial charge is 0.182 e. The molecule has 0 bridgehead atoms. The topological polar surface area (TPSA) is 43.1 Å². The Morgan fingerprint density at radius 1 is 1.15 bits per heavy atom. The van der Waals surface area contributed by atoms with E-state index in [2.05, 4.69) is 19.1 Å². The quantitative estimate of drug-likeness (QED) is 0.843. The van der Waals surface area contributed by atoms with Crippen LogP contribution >= 0.6 is 0 Å². The van der Waals surface area contributed by atoms with Gasteiger partial charge in [0.15, 0.2) is 5.78 Å². The average molecular weight is 271 g/mol. The van der Waals surface area contributed by atoms with Gasteiger partial charge >= 0.3 is 0 Å². The van der Waals surface area contributed by atoms with Crippen LogP contribution in [0.3, 0.4) is 0 Å². The number of carbonyl (C=O) groups is 1. The van der Waals surface area contributed by atoms with E-state index < -0.39 is 5.54 Å². The summed E-state index contributed by atoms with van der Waals surface area (Å²) in [6.07, 6.45) is 7.87. The molecule has 0 spiro atoms. The van der Waals surface area contributed by atoms with Crippen molar-refractivity contribution in [2.45, 2.75) is 63.3 Å². The van der Waals surface area contributed by atoms with Crippen LogP contribution in [0.2, 0.25) is 0 Å². The van der Waals surface area contributed by atoms with E-state index in [0.29, 0.717) is 5.92 Å². The lowest BCUT2D eigenvalue weighted by molar-refractivity contribution is 0.0819. The van der Waals surface area contributed by atoms with Crippen molar-refractivity contribution in [2.24, 2.45) is 11.7 Å². The summed E-state index contributed by atoms with van der Waals surface area (Å²) in [5.41, 5.74) is 7.96. The van der Waals surface area contributed by atoms with Crippen molar-refractivity contribution >= 4 is 5.78 Å². The molecule has 0 saturated heterocycles. The fourth-order valence-electron chi connectivity index (χ4n) is 3.73. The second kappa shape index (κ2) is 5.33. The highest BCUT2D eigenvalue weighted by Crippen LogP contribution is 2.37. The summed E-state index contributed by atoms with van der Waals surface area (Å²) in [5, 5.41) is 0. The van der Waals surface area contributed by atoms with Crippen molar-refractivity contribution in [3.05, 3.63) is 35.4 Å². The third-order valence-corrected chi connectivity index (χ3v) is 5.23. The number of Topliss-reactive ketones (excluding diaryl/α,β-unsaturated/α-hetero) is 1. The Morgan fingerprint density at radius 3 is 2.40 bits per heavy atom. The van der Waals surface area contributed by atoms with Crippen molar-refractivity contribution in [3.63, 3.8) is 0 Å². The summed E-state index contributed by atoms with van der Waals surface area (Å²) >= 11 is 0. The number of hydrogen-bond acceptors (Lipinski definition) is 2. The lowest BCUT2D eigenvalue weighted by Gasteiger charge is -2.35. The van der Waals surface area contributed by atoms with Crippen molar-refractivity contribution in [3.8, 4) is 0 Å². The Morgan fingerprint density at radius 2 is 1.85 bits per heavy atom. The second-order valence-corrected chi connectivity index (χ2v) is 6.94. The van der Waals surface area contributed by atoms with Gasteiger partial charge in [0, 0.05) is 5.56 Å². The minimum absolute atomic E-state index is 0.143. The number of rotatable bonds is 3. The first-order chi connectivity index (χ1) is 9.58. The molecule has 108 valence electrons. The molecule has 2 nitrogen and oxygen atoms in total. The number of carbonyl (C=O) groups excluding carboxylic acids is 1. The van der Waals surface area contributed by atoms with Crippen molar-refractivity contribution in [1.29, 1.82) is 0 Å². The highest BCUT2D eigenvalue weighted by atomic mass is 16.1. The lowest BCUT2D eigenvalue weighted by Crippen LogP contribution is -2.51. The molecule has 0 heterocycles.